The van der Waals surface area contributed by atoms with E-state index in [0.29, 0.717) is 19.5 Å². The fraction of sp³-hybridized carbons (Fsp3) is 0.364. The lowest BCUT2D eigenvalue weighted by molar-refractivity contribution is -0.117. The number of hydrogen-bond donors (Lipinski definition) is 0. The lowest BCUT2D eigenvalue weighted by Gasteiger charge is -2.18. The number of anilines is 1. The third kappa shape index (κ3) is 2.85. The molecule has 7 heteroatoms. The van der Waals surface area contributed by atoms with Gasteiger partial charge in [-0.05, 0) is 45.6 Å². The third-order valence-electron chi connectivity index (χ3n) is 2.81. The Balaban J connectivity index is 2.21. The summed E-state index contributed by atoms with van der Waals surface area (Å²) in [6.45, 7) is 0.956. The monoisotopic (exact) mass is 372 g/mol. The summed E-state index contributed by atoms with van der Waals surface area (Å²) in [5, 5.41) is 3.54. The van der Waals surface area contributed by atoms with Crippen LogP contribution in [-0.4, -0.2) is 19.0 Å². The topological polar surface area (TPSA) is 69.1 Å². The van der Waals surface area contributed by atoms with Gasteiger partial charge >= 0.3 is 0 Å². The lowest BCUT2D eigenvalue weighted by atomic mass is 10.1. The molecule has 0 spiro atoms. The van der Waals surface area contributed by atoms with Crippen LogP contribution in [0, 0.1) is 5.92 Å². The van der Waals surface area contributed by atoms with Gasteiger partial charge in [0.25, 0.3) is 0 Å². The maximum atomic E-state index is 12.0. The summed E-state index contributed by atoms with van der Waals surface area (Å²) < 4.78 is 1.80. The molecule has 0 radical (unpaired) electrons. The van der Waals surface area contributed by atoms with Gasteiger partial charge in [-0.25, -0.2) is 0 Å². The Labute approximate surface area is 121 Å². The van der Waals surface area contributed by atoms with E-state index in [1.807, 2.05) is 18.2 Å². The van der Waals surface area contributed by atoms with Crippen LogP contribution in [0.2, 0.25) is 0 Å². The van der Waals surface area contributed by atoms with Crippen molar-refractivity contribution < 1.29 is 4.79 Å². The molecule has 1 aromatic rings. The van der Waals surface area contributed by atoms with Gasteiger partial charge in [0.1, 0.15) is 0 Å². The first-order valence-corrected chi connectivity index (χ1v) is 6.96. The van der Waals surface area contributed by atoms with Gasteiger partial charge in [-0.1, -0.05) is 21.0 Å². The highest BCUT2D eigenvalue weighted by Crippen LogP contribution is 2.33. The third-order valence-corrected chi connectivity index (χ3v) is 3.97. The molecule has 1 saturated heterocycles. The van der Waals surface area contributed by atoms with E-state index >= 15 is 0 Å². The van der Waals surface area contributed by atoms with Crippen LogP contribution in [0.3, 0.4) is 0 Å². The van der Waals surface area contributed by atoms with Crippen molar-refractivity contribution in [3.8, 4) is 0 Å². The van der Waals surface area contributed by atoms with Crippen LogP contribution in [0.4, 0.5) is 5.69 Å². The molecule has 1 amide bonds. The molecule has 0 aromatic heterocycles. The number of benzene rings is 1. The maximum absolute atomic E-state index is 12.0. The minimum Gasteiger partial charge on any atom is -0.311 e. The average molecular weight is 374 g/mol. The van der Waals surface area contributed by atoms with Crippen LogP contribution in [0.5, 0.6) is 0 Å². The zero-order valence-corrected chi connectivity index (χ0v) is 12.6. The number of carbonyl (C=O) groups is 1. The first kappa shape index (κ1) is 13.4. The molecule has 0 N–H and O–H groups in total. The predicted molar refractivity (Wildman–Crippen MR) is 76.3 cm³/mol. The number of nitrogens with zero attached hydrogens (tertiary/aromatic N) is 4. The summed E-state index contributed by atoms with van der Waals surface area (Å²) in [4.78, 5) is 16.4. The molecule has 1 atom stereocenters. The summed E-state index contributed by atoms with van der Waals surface area (Å²) in [5.41, 5.74) is 9.15. The number of hydrogen-bond acceptors (Lipinski definition) is 2. The largest absolute Gasteiger partial charge is 0.311 e. The zero-order chi connectivity index (χ0) is 13.1. The van der Waals surface area contributed by atoms with Crippen molar-refractivity contribution in [3.63, 3.8) is 0 Å². The molecule has 1 unspecified atom stereocenters. The van der Waals surface area contributed by atoms with Gasteiger partial charge < -0.3 is 4.90 Å². The van der Waals surface area contributed by atoms with Crippen LogP contribution < -0.4 is 4.90 Å². The van der Waals surface area contributed by atoms with Crippen LogP contribution in [0.25, 0.3) is 10.4 Å². The quantitative estimate of drug-likeness (QED) is 0.450. The van der Waals surface area contributed by atoms with E-state index in [0.717, 1.165) is 14.6 Å². The van der Waals surface area contributed by atoms with Gasteiger partial charge in [0.05, 0.1) is 5.69 Å². The Morgan fingerprint density at radius 1 is 1.50 bits per heavy atom. The van der Waals surface area contributed by atoms with Gasteiger partial charge in [0, 0.05) is 33.4 Å². The van der Waals surface area contributed by atoms with Crippen molar-refractivity contribution in [3.05, 3.63) is 37.6 Å². The van der Waals surface area contributed by atoms with Crippen LogP contribution in [0.15, 0.2) is 32.3 Å². The smallest absolute Gasteiger partial charge is 0.227 e. The highest BCUT2D eigenvalue weighted by molar-refractivity contribution is 9.11. The molecule has 0 aliphatic carbocycles. The standard InChI is InChI=1S/C11H10Br2N4O/c12-8-1-2-9(13)10(4-8)17-6-7(3-11(17)18)5-15-16-14/h1-2,4,7H,3,5-6H2. The van der Waals surface area contributed by atoms with Crippen molar-refractivity contribution in [1.29, 1.82) is 0 Å². The normalized spacial score (nSPS) is 18.9. The minimum atomic E-state index is 0.0620. The van der Waals surface area contributed by atoms with Crippen molar-refractivity contribution in [1.82, 2.24) is 0 Å². The molecule has 18 heavy (non-hydrogen) atoms. The first-order valence-electron chi connectivity index (χ1n) is 5.38. The highest BCUT2D eigenvalue weighted by Gasteiger charge is 2.31. The summed E-state index contributed by atoms with van der Waals surface area (Å²) >= 11 is 6.84. The van der Waals surface area contributed by atoms with E-state index in [9.17, 15) is 4.79 Å². The van der Waals surface area contributed by atoms with Crippen molar-refractivity contribution >= 4 is 43.5 Å². The van der Waals surface area contributed by atoms with Crippen LogP contribution >= 0.6 is 31.9 Å². The molecular formula is C11H10Br2N4O. The van der Waals surface area contributed by atoms with E-state index in [4.69, 9.17) is 5.53 Å². The second kappa shape index (κ2) is 5.73. The predicted octanol–water partition coefficient (Wildman–Crippen LogP) is 3.87. The molecule has 1 heterocycles. The second-order valence-corrected chi connectivity index (χ2v) is 5.85. The fourth-order valence-electron chi connectivity index (χ4n) is 1.98. The van der Waals surface area contributed by atoms with Crippen LogP contribution in [-0.2, 0) is 4.79 Å². The molecule has 0 saturated carbocycles. The van der Waals surface area contributed by atoms with Gasteiger partial charge in [0.2, 0.25) is 5.91 Å². The van der Waals surface area contributed by atoms with Crippen molar-refractivity contribution in [2.24, 2.45) is 11.0 Å². The molecule has 1 aliphatic rings. The number of amides is 1. The second-order valence-electron chi connectivity index (χ2n) is 4.08. The maximum Gasteiger partial charge on any atom is 0.227 e. The Morgan fingerprint density at radius 3 is 3.00 bits per heavy atom. The van der Waals surface area contributed by atoms with Gasteiger partial charge in [-0.2, -0.15) is 0 Å². The number of azide groups is 1. The molecule has 1 fully saturated rings. The van der Waals surface area contributed by atoms with Crippen molar-refractivity contribution in [2.75, 3.05) is 18.0 Å². The number of rotatable bonds is 3. The van der Waals surface area contributed by atoms with E-state index < -0.39 is 0 Å². The lowest BCUT2D eigenvalue weighted by Crippen LogP contribution is -2.25. The van der Waals surface area contributed by atoms with Gasteiger partial charge in [-0.15, -0.1) is 0 Å². The molecule has 1 aromatic carbocycles. The molecule has 2 rings (SSSR count). The van der Waals surface area contributed by atoms with Crippen LogP contribution in [0.1, 0.15) is 6.42 Å². The SMILES string of the molecule is [N-]=[N+]=NCC1CC(=O)N(c2cc(Br)ccc2Br)C1. The van der Waals surface area contributed by atoms with Gasteiger partial charge in [-0.3, -0.25) is 4.79 Å². The van der Waals surface area contributed by atoms with Crippen molar-refractivity contribution in [2.45, 2.75) is 6.42 Å². The van der Waals surface area contributed by atoms with E-state index in [-0.39, 0.29) is 11.8 Å². The minimum absolute atomic E-state index is 0.0620. The molecular weight excluding hydrogens is 364 g/mol. The summed E-state index contributed by atoms with van der Waals surface area (Å²) in [6, 6.07) is 5.71. The zero-order valence-electron chi connectivity index (χ0n) is 9.38. The Morgan fingerprint density at radius 2 is 2.28 bits per heavy atom. The Kier molecular flexibility index (Phi) is 4.27. The average Bonchev–Trinajstić information content (AvgIpc) is 2.71. The molecule has 5 nitrogen and oxygen atoms in total. The fourth-order valence-corrected chi connectivity index (χ4v) is 2.79. The highest BCUT2D eigenvalue weighted by atomic mass is 79.9. The summed E-state index contributed by atoms with van der Waals surface area (Å²) in [7, 11) is 0. The first-order chi connectivity index (χ1) is 8.61. The molecule has 94 valence electrons. The Hall–Kier alpha value is -1.04. The number of halogens is 2. The molecule has 0 bridgehead atoms. The van der Waals surface area contributed by atoms with E-state index in [1.54, 1.807) is 4.90 Å². The number of carbonyl (C=O) groups excluding carboxylic acids is 1. The summed E-state index contributed by atoms with van der Waals surface area (Å²) in [6.07, 6.45) is 0.429. The van der Waals surface area contributed by atoms with Gasteiger partial charge in [0.15, 0.2) is 0 Å². The Bertz CT molecular complexity index is 528. The summed E-state index contributed by atoms with van der Waals surface area (Å²) in [5.74, 6) is 0.159. The van der Waals surface area contributed by atoms with E-state index in [1.165, 1.54) is 0 Å². The molecule has 1 aliphatic heterocycles. The van der Waals surface area contributed by atoms with E-state index in [2.05, 4.69) is 41.9 Å².